The number of nitrogens with one attached hydrogen (secondary N) is 1. The Morgan fingerprint density at radius 2 is 2.22 bits per heavy atom. The SMILES string of the molecule is CNC(CSc1cccc(C)c1)c1occc1Br. The molecule has 2 rings (SSSR count). The molecule has 0 aliphatic carbocycles. The van der Waals surface area contributed by atoms with E-state index in [1.165, 1.54) is 10.5 Å². The smallest absolute Gasteiger partial charge is 0.135 e. The lowest BCUT2D eigenvalue weighted by Crippen LogP contribution is -2.18. The molecule has 0 saturated carbocycles. The first-order chi connectivity index (χ1) is 8.70. The van der Waals surface area contributed by atoms with Gasteiger partial charge in [0.25, 0.3) is 0 Å². The van der Waals surface area contributed by atoms with Gasteiger partial charge in [-0.1, -0.05) is 17.7 Å². The highest BCUT2D eigenvalue weighted by atomic mass is 79.9. The molecule has 2 nitrogen and oxygen atoms in total. The van der Waals surface area contributed by atoms with E-state index in [0.29, 0.717) is 0 Å². The summed E-state index contributed by atoms with van der Waals surface area (Å²) in [7, 11) is 1.95. The van der Waals surface area contributed by atoms with Crippen LogP contribution < -0.4 is 5.32 Å². The van der Waals surface area contributed by atoms with Gasteiger partial charge in [0.1, 0.15) is 5.76 Å². The Morgan fingerprint density at radius 3 is 2.83 bits per heavy atom. The molecule has 18 heavy (non-hydrogen) atoms. The molecule has 0 saturated heterocycles. The summed E-state index contributed by atoms with van der Waals surface area (Å²) in [4.78, 5) is 1.29. The molecule has 0 aliphatic heterocycles. The van der Waals surface area contributed by atoms with Crippen molar-refractivity contribution in [2.75, 3.05) is 12.8 Å². The van der Waals surface area contributed by atoms with Crippen molar-refractivity contribution < 1.29 is 4.42 Å². The van der Waals surface area contributed by atoms with E-state index in [0.717, 1.165) is 16.0 Å². The predicted molar refractivity (Wildman–Crippen MR) is 80.1 cm³/mol. The van der Waals surface area contributed by atoms with E-state index in [-0.39, 0.29) is 6.04 Å². The Balaban J connectivity index is 2.02. The van der Waals surface area contributed by atoms with Gasteiger partial charge in [-0.25, -0.2) is 0 Å². The first kappa shape index (κ1) is 13.7. The third-order valence-electron chi connectivity index (χ3n) is 2.72. The van der Waals surface area contributed by atoms with E-state index in [9.17, 15) is 0 Å². The maximum Gasteiger partial charge on any atom is 0.135 e. The molecule has 1 aromatic carbocycles. The van der Waals surface area contributed by atoms with Crippen LogP contribution in [0.4, 0.5) is 0 Å². The normalized spacial score (nSPS) is 12.6. The van der Waals surface area contributed by atoms with E-state index in [2.05, 4.69) is 52.4 Å². The fourth-order valence-electron chi connectivity index (χ4n) is 1.73. The van der Waals surface area contributed by atoms with Crippen molar-refractivity contribution in [1.29, 1.82) is 0 Å². The number of hydrogen-bond donors (Lipinski definition) is 1. The van der Waals surface area contributed by atoms with Crippen LogP contribution in [0.5, 0.6) is 0 Å². The summed E-state index contributed by atoms with van der Waals surface area (Å²) in [5.41, 5.74) is 1.29. The summed E-state index contributed by atoms with van der Waals surface area (Å²) < 4.78 is 6.53. The van der Waals surface area contributed by atoms with Crippen molar-refractivity contribution in [2.24, 2.45) is 0 Å². The largest absolute Gasteiger partial charge is 0.466 e. The molecule has 1 aromatic heterocycles. The fourth-order valence-corrected chi connectivity index (χ4v) is 3.33. The molecule has 0 spiro atoms. The van der Waals surface area contributed by atoms with E-state index < -0.39 is 0 Å². The molecular weight excluding hydrogens is 310 g/mol. The van der Waals surface area contributed by atoms with Crippen LogP contribution in [0.15, 0.2) is 50.4 Å². The number of thioether (sulfide) groups is 1. The number of rotatable bonds is 5. The van der Waals surface area contributed by atoms with E-state index in [1.54, 1.807) is 6.26 Å². The van der Waals surface area contributed by atoms with E-state index in [1.807, 2.05) is 24.9 Å². The Kier molecular flexibility index (Phi) is 4.92. The van der Waals surface area contributed by atoms with Gasteiger partial charge in [-0.15, -0.1) is 11.8 Å². The molecule has 0 radical (unpaired) electrons. The van der Waals surface area contributed by atoms with E-state index >= 15 is 0 Å². The van der Waals surface area contributed by atoms with Crippen LogP contribution in [0.1, 0.15) is 17.4 Å². The Morgan fingerprint density at radius 1 is 1.39 bits per heavy atom. The molecular formula is C14H16BrNOS. The monoisotopic (exact) mass is 325 g/mol. The molecule has 1 unspecified atom stereocenters. The van der Waals surface area contributed by atoms with Crippen molar-refractivity contribution >= 4 is 27.7 Å². The standard InChI is InChI=1S/C14H16BrNOS/c1-10-4-3-5-11(8-10)18-9-13(16-2)14-12(15)6-7-17-14/h3-8,13,16H,9H2,1-2H3. The minimum atomic E-state index is 0.208. The van der Waals surface area contributed by atoms with Gasteiger partial charge in [-0.2, -0.15) is 0 Å². The number of benzene rings is 1. The Hall–Kier alpha value is -0.710. The van der Waals surface area contributed by atoms with Crippen molar-refractivity contribution in [1.82, 2.24) is 5.32 Å². The zero-order valence-corrected chi connectivity index (χ0v) is 12.8. The van der Waals surface area contributed by atoms with Crippen LogP contribution in [0.3, 0.4) is 0 Å². The summed E-state index contributed by atoms with van der Waals surface area (Å²) in [6.07, 6.45) is 1.71. The summed E-state index contributed by atoms with van der Waals surface area (Å²) in [6.45, 7) is 2.11. The number of aryl methyl sites for hydroxylation is 1. The maximum absolute atomic E-state index is 5.51. The lowest BCUT2D eigenvalue weighted by atomic mass is 10.2. The van der Waals surface area contributed by atoms with Crippen molar-refractivity contribution in [3.63, 3.8) is 0 Å². The van der Waals surface area contributed by atoms with E-state index in [4.69, 9.17) is 4.42 Å². The maximum atomic E-state index is 5.51. The highest BCUT2D eigenvalue weighted by Crippen LogP contribution is 2.29. The van der Waals surface area contributed by atoms with Gasteiger partial charge in [-0.05, 0) is 48.1 Å². The van der Waals surface area contributed by atoms with Crippen molar-refractivity contribution in [2.45, 2.75) is 17.9 Å². The Labute approximate surface area is 120 Å². The number of furan rings is 1. The molecule has 2 aromatic rings. The minimum absolute atomic E-state index is 0.208. The highest BCUT2D eigenvalue weighted by molar-refractivity contribution is 9.10. The van der Waals surface area contributed by atoms with Gasteiger partial charge < -0.3 is 9.73 Å². The quantitative estimate of drug-likeness (QED) is 0.824. The molecule has 0 amide bonds. The zero-order valence-electron chi connectivity index (χ0n) is 10.4. The third kappa shape index (κ3) is 3.40. The van der Waals surface area contributed by atoms with Gasteiger partial charge >= 0.3 is 0 Å². The number of hydrogen-bond acceptors (Lipinski definition) is 3. The molecule has 1 heterocycles. The molecule has 0 aliphatic rings. The predicted octanol–water partition coefficient (Wildman–Crippen LogP) is 4.40. The van der Waals surface area contributed by atoms with Crippen LogP contribution in [-0.2, 0) is 0 Å². The average molecular weight is 326 g/mol. The minimum Gasteiger partial charge on any atom is -0.466 e. The topological polar surface area (TPSA) is 25.2 Å². The van der Waals surface area contributed by atoms with Crippen LogP contribution in [0.2, 0.25) is 0 Å². The first-order valence-corrected chi connectivity index (χ1v) is 7.58. The molecule has 1 atom stereocenters. The van der Waals surface area contributed by atoms with Crippen LogP contribution in [0.25, 0.3) is 0 Å². The second-order valence-corrected chi connectivity index (χ2v) is 6.05. The summed E-state index contributed by atoms with van der Waals surface area (Å²) in [6, 6.07) is 10.7. The van der Waals surface area contributed by atoms with Gasteiger partial charge in [0.05, 0.1) is 16.8 Å². The molecule has 1 N–H and O–H groups in total. The second-order valence-electron chi connectivity index (χ2n) is 4.10. The zero-order chi connectivity index (χ0) is 13.0. The van der Waals surface area contributed by atoms with Gasteiger partial charge in [-0.3, -0.25) is 0 Å². The second kappa shape index (κ2) is 6.45. The highest BCUT2D eigenvalue weighted by Gasteiger charge is 2.16. The van der Waals surface area contributed by atoms with Crippen LogP contribution in [0, 0.1) is 6.92 Å². The van der Waals surface area contributed by atoms with Crippen LogP contribution >= 0.6 is 27.7 Å². The average Bonchev–Trinajstić information content (AvgIpc) is 2.77. The summed E-state index contributed by atoms with van der Waals surface area (Å²) in [5.74, 6) is 1.89. The van der Waals surface area contributed by atoms with Gasteiger partial charge in [0.2, 0.25) is 0 Å². The van der Waals surface area contributed by atoms with Crippen molar-refractivity contribution in [3.05, 3.63) is 52.4 Å². The van der Waals surface area contributed by atoms with Gasteiger partial charge in [0, 0.05) is 10.6 Å². The van der Waals surface area contributed by atoms with Crippen LogP contribution in [-0.4, -0.2) is 12.8 Å². The first-order valence-electron chi connectivity index (χ1n) is 5.80. The van der Waals surface area contributed by atoms with Crippen molar-refractivity contribution in [3.8, 4) is 0 Å². The lowest BCUT2D eigenvalue weighted by Gasteiger charge is -2.14. The summed E-state index contributed by atoms with van der Waals surface area (Å²) >= 11 is 5.33. The lowest BCUT2D eigenvalue weighted by molar-refractivity contribution is 0.450. The number of halogens is 1. The van der Waals surface area contributed by atoms with Gasteiger partial charge in [0.15, 0.2) is 0 Å². The third-order valence-corrected chi connectivity index (χ3v) is 4.46. The Bertz CT molecular complexity index is 512. The summed E-state index contributed by atoms with van der Waals surface area (Å²) in [5, 5.41) is 3.29. The molecule has 96 valence electrons. The molecule has 0 fully saturated rings. The fraction of sp³-hybridized carbons (Fsp3) is 0.286. The molecule has 0 bridgehead atoms. The molecule has 4 heteroatoms.